The number of carbonyl (C=O) groups excluding carboxylic acids is 1. The molecule has 5 rings (SSSR count). The van der Waals surface area contributed by atoms with Gasteiger partial charge in [-0.2, -0.15) is 0 Å². The van der Waals surface area contributed by atoms with Crippen molar-refractivity contribution in [3.8, 4) is 17.2 Å². The van der Waals surface area contributed by atoms with E-state index in [0.717, 1.165) is 21.7 Å². The standard InChI is InChI=1S/C25H20N2O4S/c28-21(17-10-11-22-23(14-17)30-13-12-29-22)16-32-25-19-8-4-5-9-20(19)26-24(27-25)15-31-18-6-2-1-3-7-18/h1-11,14H,12-13,15-16H2. The SMILES string of the molecule is O=C(CSc1nc(COc2ccccc2)nc2ccccc12)c1ccc2c(c1)OCCO2. The molecule has 0 fully saturated rings. The van der Waals surface area contributed by atoms with Crippen molar-refractivity contribution in [2.75, 3.05) is 19.0 Å². The fourth-order valence-corrected chi connectivity index (χ4v) is 4.30. The van der Waals surface area contributed by atoms with E-state index < -0.39 is 0 Å². The van der Waals surface area contributed by atoms with Gasteiger partial charge in [-0.25, -0.2) is 9.97 Å². The van der Waals surface area contributed by atoms with Crippen LogP contribution in [0.4, 0.5) is 0 Å². The highest BCUT2D eigenvalue weighted by Crippen LogP contribution is 2.32. The van der Waals surface area contributed by atoms with E-state index in [1.54, 1.807) is 18.2 Å². The summed E-state index contributed by atoms with van der Waals surface area (Å²) in [6.45, 7) is 1.26. The molecule has 0 aliphatic carbocycles. The van der Waals surface area contributed by atoms with Crippen LogP contribution in [0.15, 0.2) is 77.8 Å². The summed E-state index contributed by atoms with van der Waals surface area (Å²) in [6.07, 6.45) is 0. The van der Waals surface area contributed by atoms with E-state index >= 15 is 0 Å². The van der Waals surface area contributed by atoms with Crippen LogP contribution in [0.5, 0.6) is 17.2 Å². The number of hydrogen-bond donors (Lipinski definition) is 0. The van der Waals surface area contributed by atoms with Gasteiger partial charge >= 0.3 is 0 Å². The maximum atomic E-state index is 12.9. The average Bonchev–Trinajstić information content (AvgIpc) is 2.86. The summed E-state index contributed by atoms with van der Waals surface area (Å²) in [6, 6.07) is 22.6. The van der Waals surface area contributed by atoms with Crippen molar-refractivity contribution < 1.29 is 19.0 Å². The van der Waals surface area contributed by atoms with Crippen LogP contribution in [-0.4, -0.2) is 34.7 Å². The molecular formula is C25H20N2O4S. The van der Waals surface area contributed by atoms with E-state index in [0.29, 0.717) is 36.1 Å². The summed E-state index contributed by atoms with van der Waals surface area (Å²) in [5.41, 5.74) is 1.41. The molecule has 0 atom stereocenters. The molecule has 1 aromatic heterocycles. The summed E-state index contributed by atoms with van der Waals surface area (Å²) < 4.78 is 16.9. The molecule has 1 aliphatic heterocycles. The number of hydrogen-bond acceptors (Lipinski definition) is 7. The van der Waals surface area contributed by atoms with Gasteiger partial charge in [-0.3, -0.25) is 4.79 Å². The van der Waals surface area contributed by atoms with Crippen LogP contribution in [0.1, 0.15) is 16.2 Å². The molecule has 1 aliphatic rings. The first-order valence-electron chi connectivity index (χ1n) is 10.3. The second kappa shape index (κ2) is 9.28. The predicted molar refractivity (Wildman–Crippen MR) is 123 cm³/mol. The number of para-hydroxylation sites is 2. The van der Waals surface area contributed by atoms with Crippen LogP contribution >= 0.6 is 11.8 Å². The molecule has 4 aromatic rings. The van der Waals surface area contributed by atoms with Crippen LogP contribution in [0, 0.1) is 0 Å². The number of rotatable bonds is 7. The van der Waals surface area contributed by atoms with Gasteiger partial charge in [-0.1, -0.05) is 48.2 Å². The summed E-state index contributed by atoms with van der Waals surface area (Å²) in [4.78, 5) is 22.2. The average molecular weight is 445 g/mol. The third-order valence-electron chi connectivity index (χ3n) is 4.93. The van der Waals surface area contributed by atoms with Crippen molar-refractivity contribution in [3.63, 3.8) is 0 Å². The molecule has 160 valence electrons. The molecule has 7 heteroatoms. The molecule has 3 aromatic carbocycles. The Kier molecular flexibility index (Phi) is 5.89. The van der Waals surface area contributed by atoms with E-state index in [-0.39, 0.29) is 18.1 Å². The molecule has 0 unspecified atom stereocenters. The van der Waals surface area contributed by atoms with Gasteiger partial charge in [0.1, 0.15) is 30.6 Å². The van der Waals surface area contributed by atoms with Gasteiger partial charge in [0.15, 0.2) is 23.1 Å². The topological polar surface area (TPSA) is 70.5 Å². The quantitative estimate of drug-likeness (QED) is 0.227. The number of Topliss-reactive ketones (excluding diaryl/α,β-unsaturated/α-hetero) is 1. The molecule has 0 bridgehead atoms. The van der Waals surface area contributed by atoms with E-state index in [1.165, 1.54) is 11.8 Å². The maximum Gasteiger partial charge on any atom is 0.173 e. The van der Waals surface area contributed by atoms with Gasteiger partial charge in [0.2, 0.25) is 0 Å². The number of benzene rings is 3. The van der Waals surface area contributed by atoms with Gasteiger partial charge in [-0.05, 0) is 36.4 Å². The first kappa shape index (κ1) is 20.3. The molecule has 0 amide bonds. The van der Waals surface area contributed by atoms with E-state index in [9.17, 15) is 4.79 Å². The van der Waals surface area contributed by atoms with Crippen LogP contribution in [-0.2, 0) is 6.61 Å². The molecule has 0 N–H and O–H groups in total. The molecule has 0 saturated carbocycles. The van der Waals surface area contributed by atoms with Crippen molar-refractivity contribution >= 4 is 28.4 Å². The lowest BCUT2D eigenvalue weighted by Gasteiger charge is -2.18. The van der Waals surface area contributed by atoms with Gasteiger partial charge < -0.3 is 14.2 Å². The Morgan fingerprint density at radius 1 is 0.906 bits per heavy atom. The third kappa shape index (κ3) is 4.53. The minimum atomic E-state index is -0.00301. The molecule has 6 nitrogen and oxygen atoms in total. The molecule has 0 radical (unpaired) electrons. The Balaban J connectivity index is 1.34. The Morgan fingerprint density at radius 3 is 2.56 bits per heavy atom. The van der Waals surface area contributed by atoms with E-state index in [1.807, 2.05) is 54.6 Å². The smallest absolute Gasteiger partial charge is 0.173 e. The number of thioether (sulfide) groups is 1. The summed E-state index contributed by atoms with van der Waals surface area (Å²) in [7, 11) is 0. The van der Waals surface area contributed by atoms with Crippen LogP contribution in [0.3, 0.4) is 0 Å². The molecule has 32 heavy (non-hydrogen) atoms. The van der Waals surface area contributed by atoms with Crippen molar-refractivity contribution in [2.24, 2.45) is 0 Å². The van der Waals surface area contributed by atoms with Gasteiger partial charge in [-0.15, -0.1) is 0 Å². The van der Waals surface area contributed by atoms with Crippen LogP contribution in [0.2, 0.25) is 0 Å². The number of ether oxygens (including phenoxy) is 3. The zero-order valence-electron chi connectivity index (χ0n) is 17.2. The minimum Gasteiger partial charge on any atom is -0.486 e. The van der Waals surface area contributed by atoms with E-state index in [2.05, 4.69) is 9.97 Å². The lowest BCUT2D eigenvalue weighted by atomic mass is 10.1. The first-order valence-corrected chi connectivity index (χ1v) is 11.2. The zero-order valence-corrected chi connectivity index (χ0v) is 18.0. The summed E-state index contributed by atoms with van der Waals surface area (Å²) in [5.74, 6) is 2.86. The highest BCUT2D eigenvalue weighted by molar-refractivity contribution is 8.00. The number of ketones is 1. The van der Waals surface area contributed by atoms with E-state index in [4.69, 9.17) is 14.2 Å². The van der Waals surface area contributed by atoms with Crippen molar-refractivity contribution in [3.05, 3.63) is 84.2 Å². The highest BCUT2D eigenvalue weighted by atomic mass is 32.2. The van der Waals surface area contributed by atoms with Crippen LogP contribution in [0.25, 0.3) is 10.9 Å². The Bertz CT molecular complexity index is 1260. The summed E-state index contributed by atoms with van der Waals surface area (Å²) >= 11 is 1.40. The number of aromatic nitrogens is 2. The molecule has 0 saturated heterocycles. The fraction of sp³-hybridized carbons (Fsp3) is 0.160. The van der Waals surface area contributed by atoms with Crippen molar-refractivity contribution in [1.29, 1.82) is 0 Å². The third-order valence-corrected chi connectivity index (χ3v) is 5.92. The Morgan fingerprint density at radius 2 is 1.69 bits per heavy atom. The number of carbonyl (C=O) groups is 1. The number of fused-ring (bicyclic) bond motifs is 2. The molecule has 2 heterocycles. The normalized spacial score (nSPS) is 12.5. The second-order valence-corrected chi connectivity index (χ2v) is 8.10. The Labute approximate surface area is 189 Å². The first-order chi connectivity index (χ1) is 15.8. The lowest BCUT2D eigenvalue weighted by molar-refractivity contribution is 0.102. The number of nitrogens with zero attached hydrogens (tertiary/aromatic N) is 2. The second-order valence-electron chi connectivity index (χ2n) is 7.13. The van der Waals surface area contributed by atoms with Gasteiger partial charge in [0.25, 0.3) is 0 Å². The molecular weight excluding hydrogens is 424 g/mol. The highest BCUT2D eigenvalue weighted by Gasteiger charge is 2.16. The maximum absolute atomic E-state index is 12.9. The largest absolute Gasteiger partial charge is 0.486 e. The summed E-state index contributed by atoms with van der Waals surface area (Å²) in [5, 5.41) is 1.67. The minimum absolute atomic E-state index is 0.00301. The molecule has 0 spiro atoms. The van der Waals surface area contributed by atoms with Crippen LogP contribution < -0.4 is 14.2 Å². The van der Waals surface area contributed by atoms with Gasteiger partial charge in [0, 0.05) is 10.9 Å². The van der Waals surface area contributed by atoms with Crippen molar-refractivity contribution in [2.45, 2.75) is 11.6 Å². The lowest BCUT2D eigenvalue weighted by Crippen LogP contribution is -2.16. The predicted octanol–water partition coefficient (Wildman–Crippen LogP) is 4.96. The monoisotopic (exact) mass is 444 g/mol. The zero-order chi connectivity index (χ0) is 21.8. The van der Waals surface area contributed by atoms with Gasteiger partial charge in [0.05, 0.1) is 11.3 Å². The fourth-order valence-electron chi connectivity index (χ4n) is 3.37. The van der Waals surface area contributed by atoms with Crippen molar-refractivity contribution in [1.82, 2.24) is 9.97 Å². The Hall–Kier alpha value is -3.58.